The van der Waals surface area contributed by atoms with Crippen molar-refractivity contribution < 1.29 is 19.4 Å². The average Bonchev–Trinajstić information content (AvgIpc) is 3.10. The molecule has 2 aromatic heterocycles. The van der Waals surface area contributed by atoms with Gasteiger partial charge in [0.05, 0.1) is 25.5 Å². The summed E-state index contributed by atoms with van der Waals surface area (Å²) >= 11 is 1.40. The quantitative estimate of drug-likeness (QED) is 0.887. The number of rotatable bonds is 4. The number of pyridine rings is 1. The molecule has 0 aliphatic carbocycles. The first kappa shape index (κ1) is 17.5. The summed E-state index contributed by atoms with van der Waals surface area (Å²) in [6, 6.07) is 3.85. The summed E-state index contributed by atoms with van der Waals surface area (Å²) in [6.07, 6.45) is 6.16. The van der Waals surface area contributed by atoms with Crippen LogP contribution in [0.1, 0.15) is 38.5 Å². The number of carbonyl (C=O) groups is 1. The molecular formula is C19H22N2O4S. The van der Waals surface area contributed by atoms with Gasteiger partial charge in [-0.3, -0.25) is 9.88 Å². The molecule has 6 nitrogen and oxygen atoms in total. The number of aromatic nitrogens is 1. The predicted octanol–water partition coefficient (Wildman–Crippen LogP) is 2.91. The first-order chi connectivity index (χ1) is 12.6. The molecule has 1 spiro atoms. The summed E-state index contributed by atoms with van der Waals surface area (Å²) in [5.41, 5.74) is 1.92. The highest BCUT2D eigenvalue weighted by molar-refractivity contribution is 7.14. The van der Waals surface area contributed by atoms with E-state index in [1.165, 1.54) is 16.2 Å². The maximum Gasteiger partial charge on any atom is 0.345 e. The lowest BCUT2D eigenvalue weighted by molar-refractivity contribution is -0.0981. The van der Waals surface area contributed by atoms with Gasteiger partial charge in [-0.1, -0.05) is 0 Å². The molecule has 0 bridgehead atoms. The van der Waals surface area contributed by atoms with E-state index in [2.05, 4.69) is 9.88 Å². The smallest absolute Gasteiger partial charge is 0.345 e. The zero-order valence-electron chi connectivity index (χ0n) is 14.7. The Morgan fingerprint density at radius 1 is 1.38 bits per heavy atom. The Hall–Kier alpha value is -1.96. The fraction of sp³-hybridized carbons (Fsp3) is 0.474. The van der Waals surface area contributed by atoms with Crippen LogP contribution in [0.15, 0.2) is 24.5 Å². The van der Waals surface area contributed by atoms with Crippen molar-refractivity contribution in [3.05, 3.63) is 45.4 Å². The van der Waals surface area contributed by atoms with E-state index in [1.807, 2.05) is 18.3 Å². The van der Waals surface area contributed by atoms with Crippen molar-refractivity contribution in [1.29, 1.82) is 0 Å². The van der Waals surface area contributed by atoms with Crippen LogP contribution in [-0.4, -0.2) is 47.8 Å². The van der Waals surface area contributed by atoms with E-state index in [0.29, 0.717) is 11.5 Å². The van der Waals surface area contributed by atoms with Gasteiger partial charge in [0.15, 0.2) is 0 Å². The minimum Gasteiger partial charge on any atom is -0.495 e. The predicted molar refractivity (Wildman–Crippen MR) is 97.9 cm³/mol. The molecule has 4 rings (SSSR count). The van der Waals surface area contributed by atoms with Crippen molar-refractivity contribution in [1.82, 2.24) is 9.88 Å². The monoisotopic (exact) mass is 374 g/mol. The molecule has 1 saturated heterocycles. The van der Waals surface area contributed by atoms with Gasteiger partial charge in [-0.2, -0.15) is 0 Å². The number of fused-ring (bicyclic) bond motifs is 2. The van der Waals surface area contributed by atoms with E-state index < -0.39 is 5.97 Å². The Bertz CT molecular complexity index is 812. The van der Waals surface area contributed by atoms with Gasteiger partial charge in [-0.15, -0.1) is 11.3 Å². The molecule has 0 aromatic carbocycles. The minimum absolute atomic E-state index is 0.319. The topological polar surface area (TPSA) is 71.9 Å². The van der Waals surface area contributed by atoms with Crippen LogP contribution >= 0.6 is 11.3 Å². The molecule has 26 heavy (non-hydrogen) atoms. The number of hydrogen-bond donors (Lipinski definition) is 1. The van der Waals surface area contributed by atoms with Gasteiger partial charge >= 0.3 is 5.97 Å². The zero-order valence-corrected chi connectivity index (χ0v) is 15.6. The van der Waals surface area contributed by atoms with Crippen LogP contribution in [0.4, 0.5) is 0 Å². The largest absolute Gasteiger partial charge is 0.495 e. The molecule has 4 heterocycles. The first-order valence-electron chi connectivity index (χ1n) is 8.80. The van der Waals surface area contributed by atoms with E-state index >= 15 is 0 Å². The van der Waals surface area contributed by atoms with Crippen LogP contribution in [0.3, 0.4) is 0 Å². The number of carboxylic acid groups (broad SMARTS) is 1. The van der Waals surface area contributed by atoms with E-state index in [9.17, 15) is 9.90 Å². The van der Waals surface area contributed by atoms with Crippen LogP contribution in [0, 0.1) is 0 Å². The molecule has 2 aromatic rings. The third-order valence-corrected chi connectivity index (χ3v) is 6.48. The Morgan fingerprint density at radius 3 is 2.92 bits per heavy atom. The highest BCUT2D eigenvalue weighted by atomic mass is 32.1. The van der Waals surface area contributed by atoms with Crippen LogP contribution in [0.5, 0.6) is 5.75 Å². The van der Waals surface area contributed by atoms with Gasteiger partial charge in [-0.05, 0) is 36.1 Å². The molecule has 0 amide bonds. The Balaban J connectivity index is 1.47. The summed E-state index contributed by atoms with van der Waals surface area (Å²) in [7, 11) is 1.65. The molecule has 7 heteroatoms. The number of nitrogens with zero attached hydrogens (tertiary/aromatic N) is 2. The Morgan fingerprint density at radius 2 is 2.19 bits per heavy atom. The molecule has 138 valence electrons. The molecular weight excluding hydrogens is 352 g/mol. The molecule has 2 aliphatic rings. The van der Waals surface area contributed by atoms with Crippen molar-refractivity contribution >= 4 is 17.3 Å². The zero-order chi connectivity index (χ0) is 18.1. The van der Waals surface area contributed by atoms with E-state index in [0.717, 1.165) is 55.8 Å². The van der Waals surface area contributed by atoms with Crippen molar-refractivity contribution in [2.24, 2.45) is 0 Å². The van der Waals surface area contributed by atoms with E-state index in [-0.39, 0.29) is 5.60 Å². The number of thiophene rings is 1. The van der Waals surface area contributed by atoms with Crippen molar-refractivity contribution in [2.45, 2.75) is 31.4 Å². The summed E-state index contributed by atoms with van der Waals surface area (Å²) < 4.78 is 11.5. The lowest BCUT2D eigenvalue weighted by Crippen LogP contribution is -2.45. The number of aromatic carboxylic acids is 1. The third-order valence-electron chi connectivity index (χ3n) is 5.29. The number of piperidine rings is 1. The summed E-state index contributed by atoms with van der Waals surface area (Å²) in [5.74, 6) is -0.0711. The second kappa shape index (κ2) is 6.98. The number of methoxy groups -OCH3 is 1. The molecule has 1 fully saturated rings. The fourth-order valence-electron chi connectivity index (χ4n) is 3.93. The number of hydrogen-bond acceptors (Lipinski definition) is 6. The fourth-order valence-corrected chi connectivity index (χ4v) is 5.00. The molecule has 2 aliphatic heterocycles. The first-order valence-corrected chi connectivity index (χ1v) is 9.62. The number of carboxylic acids is 1. The van der Waals surface area contributed by atoms with Gasteiger partial charge in [0.1, 0.15) is 10.6 Å². The highest BCUT2D eigenvalue weighted by Crippen LogP contribution is 2.44. The van der Waals surface area contributed by atoms with Gasteiger partial charge < -0.3 is 14.6 Å². The summed E-state index contributed by atoms with van der Waals surface area (Å²) in [5, 5.41) is 9.31. The summed E-state index contributed by atoms with van der Waals surface area (Å²) in [4.78, 5) is 19.6. The van der Waals surface area contributed by atoms with Crippen LogP contribution in [-0.2, 0) is 23.3 Å². The van der Waals surface area contributed by atoms with Crippen molar-refractivity contribution in [2.75, 3.05) is 26.8 Å². The van der Waals surface area contributed by atoms with E-state index in [4.69, 9.17) is 9.47 Å². The molecule has 0 radical (unpaired) electrons. The maximum atomic E-state index is 11.3. The van der Waals surface area contributed by atoms with Gasteiger partial charge in [-0.25, -0.2) is 4.79 Å². The second-order valence-electron chi connectivity index (χ2n) is 6.85. The van der Waals surface area contributed by atoms with Crippen LogP contribution in [0.2, 0.25) is 0 Å². The minimum atomic E-state index is -0.845. The number of ether oxygens (including phenoxy) is 2. The standard InChI is InChI=1S/C19H22N2O4S/c1-24-14-8-13(10-20-11-14)12-21-5-3-19(4-6-21)15-9-17(18(22)23)26-16(15)2-7-25-19/h8-11H,2-7,12H2,1H3,(H,22,23). The highest BCUT2D eigenvalue weighted by Gasteiger charge is 2.42. The van der Waals surface area contributed by atoms with Crippen molar-refractivity contribution in [3.8, 4) is 5.75 Å². The SMILES string of the molecule is COc1cncc(CN2CCC3(CC2)OCCc2sc(C(=O)O)cc23)c1. The van der Waals surface area contributed by atoms with Gasteiger partial charge in [0, 0.05) is 37.1 Å². The van der Waals surface area contributed by atoms with Crippen molar-refractivity contribution in [3.63, 3.8) is 0 Å². The van der Waals surface area contributed by atoms with Gasteiger partial charge in [0.25, 0.3) is 0 Å². The molecule has 0 saturated carbocycles. The Kier molecular flexibility index (Phi) is 4.69. The lowest BCUT2D eigenvalue weighted by Gasteiger charge is -2.44. The van der Waals surface area contributed by atoms with Crippen LogP contribution in [0.25, 0.3) is 0 Å². The number of likely N-dealkylation sites (tertiary alicyclic amines) is 1. The molecule has 0 unspecified atom stereocenters. The van der Waals surface area contributed by atoms with Gasteiger partial charge in [0.2, 0.25) is 0 Å². The second-order valence-corrected chi connectivity index (χ2v) is 7.99. The Labute approximate surface area is 156 Å². The third kappa shape index (κ3) is 3.22. The van der Waals surface area contributed by atoms with Crippen LogP contribution < -0.4 is 4.74 Å². The average molecular weight is 374 g/mol. The summed E-state index contributed by atoms with van der Waals surface area (Å²) in [6.45, 7) is 3.33. The van der Waals surface area contributed by atoms with E-state index in [1.54, 1.807) is 13.3 Å². The molecule has 1 N–H and O–H groups in total. The lowest BCUT2D eigenvalue weighted by atomic mass is 9.82. The molecule has 0 atom stereocenters. The maximum absolute atomic E-state index is 11.3. The normalized spacial score (nSPS) is 19.3.